The van der Waals surface area contributed by atoms with E-state index in [-0.39, 0.29) is 6.10 Å². The lowest BCUT2D eigenvalue weighted by atomic mass is 10.4. The molecule has 1 aromatic heterocycles. The Kier molecular flexibility index (Phi) is 3.48. The van der Waals surface area contributed by atoms with Gasteiger partial charge in [-0.15, -0.1) is 11.8 Å². The normalized spacial score (nSPS) is 15.6. The second-order valence-corrected chi connectivity index (χ2v) is 6.49. The second-order valence-electron chi connectivity index (χ2n) is 3.91. The summed E-state index contributed by atoms with van der Waals surface area (Å²) in [4.78, 5) is 4.13. The van der Waals surface area contributed by atoms with Gasteiger partial charge in [-0.1, -0.05) is 0 Å². The number of nitrogens with zero attached hydrogens (tertiary/aromatic N) is 1. The van der Waals surface area contributed by atoms with Crippen molar-refractivity contribution in [2.45, 2.75) is 24.0 Å². The van der Waals surface area contributed by atoms with Gasteiger partial charge in [0.2, 0.25) is 10.0 Å². The average molecular weight is 274 g/mol. The summed E-state index contributed by atoms with van der Waals surface area (Å²) in [6.07, 6.45) is 6.77. The number of nitrogens with one attached hydrogen (secondary N) is 1. The van der Waals surface area contributed by atoms with Crippen LogP contribution in [0.15, 0.2) is 17.3 Å². The van der Waals surface area contributed by atoms with Crippen molar-refractivity contribution in [3.05, 3.63) is 12.3 Å². The van der Waals surface area contributed by atoms with Crippen LogP contribution in [0.5, 0.6) is 5.75 Å². The number of rotatable bonds is 5. The van der Waals surface area contributed by atoms with E-state index < -0.39 is 10.0 Å². The lowest BCUT2D eigenvalue weighted by Gasteiger charge is -2.12. The molecule has 0 unspecified atom stereocenters. The molecule has 1 heterocycles. The van der Waals surface area contributed by atoms with Gasteiger partial charge in [0.15, 0.2) is 0 Å². The highest BCUT2D eigenvalue weighted by atomic mass is 32.2. The van der Waals surface area contributed by atoms with Gasteiger partial charge in [-0.3, -0.25) is 4.72 Å². The van der Waals surface area contributed by atoms with Crippen LogP contribution in [-0.4, -0.2) is 32.0 Å². The van der Waals surface area contributed by atoms with Gasteiger partial charge in [0.05, 0.1) is 23.6 Å². The van der Waals surface area contributed by atoms with Crippen molar-refractivity contribution >= 4 is 27.5 Å². The van der Waals surface area contributed by atoms with Gasteiger partial charge in [0.1, 0.15) is 11.4 Å². The van der Waals surface area contributed by atoms with Gasteiger partial charge in [0, 0.05) is 6.07 Å². The van der Waals surface area contributed by atoms with Crippen molar-refractivity contribution in [1.82, 2.24) is 4.98 Å². The smallest absolute Gasteiger partial charge is 0.229 e. The second kappa shape index (κ2) is 4.73. The lowest BCUT2D eigenvalue weighted by molar-refractivity contribution is 0.303. The van der Waals surface area contributed by atoms with E-state index in [4.69, 9.17) is 4.74 Å². The molecule has 1 aliphatic rings. The Morgan fingerprint density at radius 2 is 2.24 bits per heavy atom. The summed E-state index contributed by atoms with van der Waals surface area (Å²) in [5.41, 5.74) is 0.400. The zero-order valence-electron chi connectivity index (χ0n) is 9.63. The highest BCUT2D eigenvalue weighted by Gasteiger charge is 2.25. The first kappa shape index (κ1) is 12.5. The molecule has 0 bridgehead atoms. The molecule has 0 atom stereocenters. The number of hydrogen-bond acceptors (Lipinski definition) is 5. The molecular formula is C10H14N2O3S2. The van der Waals surface area contributed by atoms with Gasteiger partial charge in [-0.2, -0.15) is 0 Å². The minimum absolute atomic E-state index is 0.215. The molecule has 0 amide bonds. The predicted octanol–water partition coefficient (Wildman–Crippen LogP) is 1.72. The standard InChI is InChI=1S/C10H14N2O3S2/c1-16-10-5-9(15-7-3-4-7)8(6-11-10)12-17(2,13)14/h5-7,12H,3-4H2,1-2H3. The maximum absolute atomic E-state index is 11.2. The van der Waals surface area contributed by atoms with E-state index >= 15 is 0 Å². The maximum Gasteiger partial charge on any atom is 0.229 e. The molecule has 17 heavy (non-hydrogen) atoms. The third kappa shape index (κ3) is 3.78. The fourth-order valence-electron chi connectivity index (χ4n) is 1.27. The average Bonchev–Trinajstić information content (AvgIpc) is 3.02. The number of anilines is 1. The minimum atomic E-state index is -3.31. The van der Waals surface area contributed by atoms with Crippen molar-refractivity contribution in [1.29, 1.82) is 0 Å². The van der Waals surface area contributed by atoms with Crippen LogP contribution in [0.4, 0.5) is 5.69 Å². The number of thioether (sulfide) groups is 1. The Morgan fingerprint density at radius 3 is 2.76 bits per heavy atom. The molecule has 0 radical (unpaired) electrons. The summed E-state index contributed by atoms with van der Waals surface area (Å²) in [7, 11) is -3.31. The van der Waals surface area contributed by atoms with Crippen molar-refractivity contribution in [3.8, 4) is 5.75 Å². The van der Waals surface area contributed by atoms with Crippen LogP contribution in [0, 0.1) is 0 Å². The molecule has 0 saturated heterocycles. The number of ether oxygens (including phenoxy) is 1. The summed E-state index contributed by atoms with van der Waals surface area (Å²) < 4.78 is 30.5. The van der Waals surface area contributed by atoms with E-state index in [1.807, 2.05) is 6.26 Å². The van der Waals surface area contributed by atoms with E-state index in [2.05, 4.69) is 9.71 Å². The molecule has 2 rings (SSSR count). The van der Waals surface area contributed by atoms with Gasteiger partial charge < -0.3 is 4.74 Å². The predicted molar refractivity (Wildman–Crippen MR) is 68.1 cm³/mol. The van der Waals surface area contributed by atoms with Crippen molar-refractivity contribution in [2.24, 2.45) is 0 Å². The fraction of sp³-hybridized carbons (Fsp3) is 0.500. The fourth-order valence-corrected chi connectivity index (χ4v) is 2.21. The summed E-state index contributed by atoms with van der Waals surface area (Å²) in [5, 5.41) is 0.805. The first-order chi connectivity index (χ1) is 7.98. The van der Waals surface area contributed by atoms with Gasteiger partial charge in [-0.25, -0.2) is 13.4 Å². The Morgan fingerprint density at radius 1 is 1.53 bits per heavy atom. The SMILES string of the molecule is CSc1cc(OC2CC2)c(NS(C)(=O)=O)cn1. The quantitative estimate of drug-likeness (QED) is 0.828. The van der Waals surface area contributed by atoms with Crippen molar-refractivity contribution in [2.75, 3.05) is 17.2 Å². The number of aromatic nitrogens is 1. The molecule has 1 fully saturated rings. The molecule has 94 valence electrons. The third-order valence-corrected chi connectivity index (χ3v) is 3.40. The van der Waals surface area contributed by atoms with Crippen LogP contribution < -0.4 is 9.46 Å². The molecule has 1 saturated carbocycles. The van der Waals surface area contributed by atoms with Crippen LogP contribution in [0.25, 0.3) is 0 Å². The molecule has 1 N–H and O–H groups in total. The van der Waals surface area contributed by atoms with Crippen molar-refractivity contribution in [3.63, 3.8) is 0 Å². The number of pyridine rings is 1. The molecule has 7 heteroatoms. The van der Waals surface area contributed by atoms with Gasteiger partial charge in [0.25, 0.3) is 0 Å². The Balaban J connectivity index is 2.28. The minimum Gasteiger partial charge on any atom is -0.488 e. The summed E-state index contributed by atoms with van der Waals surface area (Å²) >= 11 is 1.49. The highest BCUT2D eigenvalue weighted by Crippen LogP contribution is 2.33. The molecule has 0 aromatic carbocycles. The lowest BCUT2D eigenvalue weighted by Crippen LogP contribution is -2.11. The largest absolute Gasteiger partial charge is 0.488 e. The van der Waals surface area contributed by atoms with Gasteiger partial charge in [-0.05, 0) is 19.1 Å². The van der Waals surface area contributed by atoms with E-state index in [1.165, 1.54) is 18.0 Å². The molecule has 0 aliphatic heterocycles. The zero-order chi connectivity index (χ0) is 12.5. The first-order valence-corrected chi connectivity index (χ1v) is 8.28. The summed E-state index contributed by atoms with van der Waals surface area (Å²) in [5.74, 6) is 0.553. The Labute approximate surface area is 105 Å². The zero-order valence-corrected chi connectivity index (χ0v) is 11.3. The highest BCUT2D eigenvalue weighted by molar-refractivity contribution is 7.98. The number of hydrogen-bond donors (Lipinski definition) is 1. The van der Waals surface area contributed by atoms with E-state index in [9.17, 15) is 8.42 Å². The summed E-state index contributed by atoms with van der Waals surface area (Å²) in [6, 6.07) is 1.76. The van der Waals surface area contributed by atoms with Crippen molar-refractivity contribution < 1.29 is 13.2 Å². The van der Waals surface area contributed by atoms with Gasteiger partial charge >= 0.3 is 0 Å². The van der Waals surface area contributed by atoms with Crippen LogP contribution in [-0.2, 0) is 10.0 Å². The number of sulfonamides is 1. The first-order valence-electron chi connectivity index (χ1n) is 5.16. The van der Waals surface area contributed by atoms with Crippen LogP contribution >= 0.6 is 11.8 Å². The molecule has 0 spiro atoms. The van der Waals surface area contributed by atoms with Crippen LogP contribution in [0.2, 0.25) is 0 Å². The molecule has 1 aliphatic carbocycles. The topological polar surface area (TPSA) is 68.3 Å². The summed E-state index contributed by atoms with van der Waals surface area (Å²) in [6.45, 7) is 0. The monoisotopic (exact) mass is 274 g/mol. The Hall–Kier alpha value is -0.950. The van der Waals surface area contributed by atoms with Crippen LogP contribution in [0.1, 0.15) is 12.8 Å². The van der Waals surface area contributed by atoms with Crippen LogP contribution in [0.3, 0.4) is 0 Å². The molecule has 5 nitrogen and oxygen atoms in total. The van der Waals surface area contributed by atoms with E-state index in [1.54, 1.807) is 6.07 Å². The Bertz CT molecular complexity index is 512. The molecule has 1 aromatic rings. The van der Waals surface area contributed by atoms with E-state index in [0.717, 1.165) is 24.1 Å². The maximum atomic E-state index is 11.2. The third-order valence-electron chi connectivity index (χ3n) is 2.16. The molecular weight excluding hydrogens is 260 g/mol. The van der Waals surface area contributed by atoms with E-state index in [0.29, 0.717) is 11.4 Å².